The van der Waals surface area contributed by atoms with E-state index >= 15 is 0 Å². The second kappa shape index (κ2) is 5.69. The van der Waals surface area contributed by atoms with E-state index in [2.05, 4.69) is 33.0 Å². The van der Waals surface area contributed by atoms with Crippen molar-refractivity contribution in [3.05, 3.63) is 22.8 Å². The Hall–Kier alpha value is -1.75. The molecular formula is C24H33NO4. The molecule has 29 heavy (non-hydrogen) atoms. The van der Waals surface area contributed by atoms with Gasteiger partial charge in [0, 0.05) is 22.5 Å². The van der Waals surface area contributed by atoms with E-state index in [9.17, 15) is 15.0 Å². The predicted octanol–water partition coefficient (Wildman–Crippen LogP) is 4.10. The van der Waals surface area contributed by atoms with E-state index in [0.717, 1.165) is 49.0 Å². The normalized spacial score (nSPS) is 42.1. The summed E-state index contributed by atoms with van der Waals surface area (Å²) >= 11 is 0. The number of phenols is 1. The van der Waals surface area contributed by atoms with Gasteiger partial charge in [-0.05, 0) is 56.4 Å². The quantitative estimate of drug-likeness (QED) is 0.614. The number of ether oxygens (including phenoxy) is 1. The lowest BCUT2D eigenvalue weighted by Crippen LogP contribution is -2.70. The van der Waals surface area contributed by atoms with Crippen molar-refractivity contribution in [3.63, 3.8) is 0 Å². The summed E-state index contributed by atoms with van der Waals surface area (Å²) in [5, 5.41) is 24.7. The van der Waals surface area contributed by atoms with Gasteiger partial charge in [-0.1, -0.05) is 27.7 Å². The van der Waals surface area contributed by atoms with Crippen LogP contribution in [0.1, 0.15) is 87.8 Å². The number of aliphatic hydroxyl groups excluding tert-OH is 1. The lowest BCUT2D eigenvalue weighted by atomic mass is 9.43. The van der Waals surface area contributed by atoms with Crippen molar-refractivity contribution in [2.75, 3.05) is 0 Å². The van der Waals surface area contributed by atoms with Gasteiger partial charge >= 0.3 is 0 Å². The minimum absolute atomic E-state index is 0.130. The van der Waals surface area contributed by atoms with E-state index in [1.165, 1.54) is 0 Å². The number of phenolic OH excluding ortho intramolecular Hbond substituents is 1. The van der Waals surface area contributed by atoms with Gasteiger partial charge in [-0.3, -0.25) is 4.79 Å². The molecule has 6 atom stereocenters. The van der Waals surface area contributed by atoms with Gasteiger partial charge in [-0.15, -0.1) is 0 Å². The minimum Gasteiger partial charge on any atom is -0.508 e. The molecular weight excluding hydrogens is 366 g/mol. The highest BCUT2D eigenvalue weighted by Gasteiger charge is 2.68. The summed E-state index contributed by atoms with van der Waals surface area (Å²) in [5.41, 5.74) is 1.50. The maximum Gasteiger partial charge on any atom is 0.252 e. The Balaban J connectivity index is 1.75. The molecule has 2 aliphatic carbocycles. The van der Waals surface area contributed by atoms with Gasteiger partial charge in [0.15, 0.2) is 0 Å². The third-order valence-electron chi connectivity index (χ3n) is 9.30. The number of fused-ring (bicyclic) bond motifs is 3. The van der Waals surface area contributed by atoms with Crippen LogP contribution in [0.3, 0.4) is 0 Å². The zero-order chi connectivity index (χ0) is 20.9. The van der Waals surface area contributed by atoms with Crippen LogP contribution in [0.15, 0.2) is 6.07 Å². The van der Waals surface area contributed by atoms with E-state index in [0.29, 0.717) is 11.5 Å². The molecule has 0 saturated heterocycles. The van der Waals surface area contributed by atoms with E-state index in [-0.39, 0.29) is 40.6 Å². The van der Waals surface area contributed by atoms with Crippen LogP contribution in [0, 0.1) is 22.7 Å². The predicted molar refractivity (Wildman–Crippen MR) is 110 cm³/mol. The Morgan fingerprint density at radius 2 is 1.90 bits per heavy atom. The second-order valence-corrected chi connectivity index (χ2v) is 10.9. The number of amides is 1. The molecule has 1 spiro atoms. The fourth-order valence-electron chi connectivity index (χ4n) is 7.24. The third-order valence-corrected chi connectivity index (χ3v) is 9.30. The maximum absolute atomic E-state index is 12.4. The minimum atomic E-state index is -0.396. The second-order valence-electron chi connectivity index (χ2n) is 10.9. The van der Waals surface area contributed by atoms with Gasteiger partial charge in [-0.2, -0.15) is 0 Å². The average Bonchev–Trinajstić information content (AvgIpc) is 2.92. The molecule has 2 heterocycles. The van der Waals surface area contributed by atoms with Crippen LogP contribution in [0.4, 0.5) is 0 Å². The van der Waals surface area contributed by atoms with E-state index < -0.39 is 5.60 Å². The first-order valence-corrected chi connectivity index (χ1v) is 11.1. The molecule has 5 nitrogen and oxygen atoms in total. The number of carbonyl (C=O) groups excluding carboxylic acids is 1. The fourth-order valence-corrected chi connectivity index (χ4v) is 7.24. The number of carbonyl (C=O) groups is 1. The van der Waals surface area contributed by atoms with Gasteiger partial charge in [-0.25, -0.2) is 0 Å². The van der Waals surface area contributed by atoms with Gasteiger partial charge in [0.05, 0.1) is 17.7 Å². The first kappa shape index (κ1) is 19.2. The van der Waals surface area contributed by atoms with Gasteiger partial charge < -0.3 is 20.3 Å². The zero-order valence-electron chi connectivity index (χ0n) is 18.1. The lowest BCUT2D eigenvalue weighted by molar-refractivity contribution is -0.233. The molecule has 5 heteroatoms. The monoisotopic (exact) mass is 399 g/mol. The van der Waals surface area contributed by atoms with Crippen LogP contribution in [0.25, 0.3) is 0 Å². The highest BCUT2D eigenvalue weighted by atomic mass is 16.5. The molecule has 158 valence electrons. The van der Waals surface area contributed by atoms with Crippen LogP contribution in [-0.2, 0) is 6.42 Å². The Morgan fingerprint density at radius 1 is 1.17 bits per heavy atom. The topological polar surface area (TPSA) is 78.8 Å². The average molecular weight is 400 g/mol. The van der Waals surface area contributed by atoms with Crippen molar-refractivity contribution in [2.24, 2.45) is 22.7 Å². The molecule has 3 N–H and O–H groups in total. The summed E-state index contributed by atoms with van der Waals surface area (Å²) < 4.78 is 7.06. The molecule has 1 amide bonds. The molecule has 0 bridgehead atoms. The van der Waals surface area contributed by atoms with E-state index in [1.807, 2.05) is 6.92 Å². The number of aliphatic hydroxyl groups is 1. The third kappa shape index (κ3) is 2.17. The lowest BCUT2D eigenvalue weighted by Gasteiger charge is -2.67. The summed E-state index contributed by atoms with van der Waals surface area (Å²) in [6.45, 7) is 11.0. The van der Waals surface area contributed by atoms with Crippen molar-refractivity contribution < 1.29 is 19.7 Å². The molecule has 2 aliphatic heterocycles. The summed E-state index contributed by atoms with van der Waals surface area (Å²) in [4.78, 5) is 12.4. The smallest absolute Gasteiger partial charge is 0.252 e. The summed E-state index contributed by atoms with van der Waals surface area (Å²) in [7, 11) is 0. The molecule has 1 aromatic rings. The van der Waals surface area contributed by atoms with Crippen molar-refractivity contribution >= 4 is 5.91 Å². The fraction of sp³-hybridized carbons (Fsp3) is 0.708. The SMILES string of the molecule is C[C@H]1NC(=O)c2cc(O)c3c(c21)O[C@@]12CC[C@H](O)C(C)(C)[C@@H]1CC[C@H](C)[C@@]2(C)C3. The molecule has 0 aromatic heterocycles. The van der Waals surface area contributed by atoms with Crippen LogP contribution in [0.5, 0.6) is 11.5 Å². The number of aromatic hydroxyl groups is 1. The molecule has 1 aromatic carbocycles. The number of benzene rings is 1. The van der Waals surface area contributed by atoms with E-state index in [4.69, 9.17) is 4.74 Å². The van der Waals surface area contributed by atoms with Crippen molar-refractivity contribution in [1.82, 2.24) is 5.32 Å². The van der Waals surface area contributed by atoms with Crippen molar-refractivity contribution in [1.29, 1.82) is 0 Å². The number of nitrogens with one attached hydrogen (secondary N) is 1. The Labute approximate surface area is 172 Å². The first-order chi connectivity index (χ1) is 13.5. The van der Waals surface area contributed by atoms with Crippen LogP contribution < -0.4 is 10.1 Å². The Morgan fingerprint density at radius 3 is 2.62 bits per heavy atom. The molecule has 0 radical (unpaired) electrons. The Kier molecular flexibility index (Phi) is 3.77. The van der Waals surface area contributed by atoms with Crippen LogP contribution in [0.2, 0.25) is 0 Å². The maximum atomic E-state index is 12.4. The Bertz CT molecular complexity index is 909. The number of rotatable bonds is 0. The first-order valence-electron chi connectivity index (χ1n) is 11.1. The van der Waals surface area contributed by atoms with Gasteiger partial charge in [0.1, 0.15) is 17.1 Å². The summed E-state index contributed by atoms with van der Waals surface area (Å²) in [6.07, 6.45) is 4.06. The van der Waals surface area contributed by atoms with Gasteiger partial charge in [0.25, 0.3) is 5.91 Å². The van der Waals surface area contributed by atoms with Crippen molar-refractivity contribution in [3.8, 4) is 11.5 Å². The summed E-state index contributed by atoms with van der Waals surface area (Å²) in [6, 6.07) is 1.49. The molecule has 2 saturated carbocycles. The largest absolute Gasteiger partial charge is 0.508 e. The zero-order valence-corrected chi connectivity index (χ0v) is 18.1. The van der Waals surface area contributed by atoms with Crippen LogP contribution >= 0.6 is 0 Å². The molecule has 5 rings (SSSR count). The van der Waals surface area contributed by atoms with Crippen molar-refractivity contribution in [2.45, 2.75) is 84.5 Å². The standard InChI is InChI=1S/C24H33NO4/c1-12-6-7-17-22(3,4)18(27)8-9-24(17)23(12,5)11-15-16(26)10-14-19(20(15)29-24)13(2)25-21(14)28/h10,12-13,17-18,26-27H,6-9,11H2,1-5H3,(H,25,28)/t12-,13+,17-,18-,23+,24-/m0/s1. The highest BCUT2D eigenvalue weighted by molar-refractivity contribution is 6.00. The highest BCUT2D eigenvalue weighted by Crippen LogP contribution is 2.67. The number of hydrogen-bond donors (Lipinski definition) is 3. The molecule has 2 fully saturated rings. The van der Waals surface area contributed by atoms with Gasteiger partial charge in [0.2, 0.25) is 0 Å². The molecule has 0 unspecified atom stereocenters. The molecule has 4 aliphatic rings. The van der Waals surface area contributed by atoms with E-state index in [1.54, 1.807) is 6.07 Å². The summed E-state index contributed by atoms with van der Waals surface area (Å²) in [5.74, 6) is 1.42. The number of hydrogen-bond acceptors (Lipinski definition) is 4. The van der Waals surface area contributed by atoms with Crippen LogP contribution in [-0.4, -0.2) is 27.8 Å².